The number of nitrogens with zero attached hydrogens (tertiary/aromatic N) is 2. The van der Waals surface area contributed by atoms with E-state index < -0.39 is 10.0 Å². The number of hydrogen-bond acceptors (Lipinski definition) is 4. The number of sulfonamides is 1. The third-order valence-electron chi connectivity index (χ3n) is 3.56. The molecule has 0 spiro atoms. The van der Waals surface area contributed by atoms with Crippen molar-refractivity contribution in [1.82, 2.24) is 4.31 Å². The average Bonchev–Trinajstić information content (AvgIpc) is 2.94. The van der Waals surface area contributed by atoms with Crippen LogP contribution in [0.5, 0.6) is 0 Å². The summed E-state index contributed by atoms with van der Waals surface area (Å²) in [5.41, 5.74) is 2.30. The standard InChI is InChI=1S/C16H22N2O3S/c1-5-18(15-9-7-6-8-13(15)2)12-14-10-11-16(21-14)22(19,20)17(3)4/h6-11H,5,12H2,1-4H3. The summed E-state index contributed by atoms with van der Waals surface area (Å²) in [6, 6.07) is 11.3. The van der Waals surface area contributed by atoms with Gasteiger partial charge in [-0.2, -0.15) is 0 Å². The quantitative estimate of drug-likeness (QED) is 0.820. The van der Waals surface area contributed by atoms with Crippen LogP contribution in [0, 0.1) is 6.92 Å². The maximum atomic E-state index is 12.0. The number of anilines is 1. The average molecular weight is 322 g/mol. The second-order valence-corrected chi connectivity index (χ2v) is 7.39. The second-order valence-electron chi connectivity index (χ2n) is 5.31. The van der Waals surface area contributed by atoms with Crippen LogP contribution in [0.1, 0.15) is 18.2 Å². The van der Waals surface area contributed by atoms with Gasteiger partial charge < -0.3 is 9.32 Å². The molecule has 6 heteroatoms. The van der Waals surface area contributed by atoms with Crippen molar-refractivity contribution < 1.29 is 12.8 Å². The summed E-state index contributed by atoms with van der Waals surface area (Å²) in [6.45, 7) is 5.46. The van der Waals surface area contributed by atoms with E-state index in [1.165, 1.54) is 25.7 Å². The molecule has 0 aliphatic heterocycles. The molecule has 120 valence electrons. The van der Waals surface area contributed by atoms with Crippen LogP contribution in [0.4, 0.5) is 5.69 Å². The fourth-order valence-corrected chi connectivity index (χ4v) is 3.05. The van der Waals surface area contributed by atoms with E-state index in [-0.39, 0.29) is 5.09 Å². The van der Waals surface area contributed by atoms with Crippen LogP contribution < -0.4 is 4.90 Å². The molecule has 0 unspecified atom stereocenters. The van der Waals surface area contributed by atoms with Gasteiger partial charge in [0.15, 0.2) is 0 Å². The molecule has 0 saturated carbocycles. The van der Waals surface area contributed by atoms with Gasteiger partial charge in [-0.05, 0) is 37.6 Å². The van der Waals surface area contributed by atoms with Gasteiger partial charge in [0.05, 0.1) is 6.54 Å². The van der Waals surface area contributed by atoms with Gasteiger partial charge in [-0.25, -0.2) is 12.7 Å². The van der Waals surface area contributed by atoms with Crippen molar-refractivity contribution in [1.29, 1.82) is 0 Å². The Morgan fingerprint density at radius 3 is 2.36 bits per heavy atom. The third kappa shape index (κ3) is 3.34. The second kappa shape index (κ2) is 6.54. The van der Waals surface area contributed by atoms with E-state index in [0.29, 0.717) is 12.3 Å². The fourth-order valence-electron chi connectivity index (χ4n) is 2.24. The van der Waals surface area contributed by atoms with Crippen LogP contribution in [0.3, 0.4) is 0 Å². The summed E-state index contributed by atoms with van der Waals surface area (Å²) >= 11 is 0. The highest BCUT2D eigenvalue weighted by Gasteiger charge is 2.22. The molecular formula is C16H22N2O3S. The highest BCUT2D eigenvalue weighted by Crippen LogP contribution is 2.23. The lowest BCUT2D eigenvalue weighted by atomic mass is 10.2. The van der Waals surface area contributed by atoms with Crippen LogP contribution in [0.25, 0.3) is 0 Å². The molecule has 2 rings (SSSR count). The molecule has 2 aromatic rings. The van der Waals surface area contributed by atoms with E-state index in [1.807, 2.05) is 12.1 Å². The van der Waals surface area contributed by atoms with E-state index in [1.54, 1.807) is 6.07 Å². The number of furan rings is 1. The topological polar surface area (TPSA) is 53.8 Å². The summed E-state index contributed by atoms with van der Waals surface area (Å²) in [7, 11) is -0.545. The van der Waals surface area contributed by atoms with E-state index in [0.717, 1.165) is 16.5 Å². The van der Waals surface area contributed by atoms with Gasteiger partial charge in [0.1, 0.15) is 5.76 Å². The van der Waals surface area contributed by atoms with E-state index in [2.05, 4.69) is 30.9 Å². The molecule has 0 bridgehead atoms. The van der Waals surface area contributed by atoms with Crippen molar-refractivity contribution in [2.24, 2.45) is 0 Å². The number of benzene rings is 1. The molecule has 22 heavy (non-hydrogen) atoms. The van der Waals surface area contributed by atoms with Gasteiger partial charge in [-0.3, -0.25) is 0 Å². The van der Waals surface area contributed by atoms with Gasteiger partial charge in [0.25, 0.3) is 10.0 Å². The SMILES string of the molecule is CCN(Cc1ccc(S(=O)(=O)N(C)C)o1)c1ccccc1C. The summed E-state index contributed by atoms with van der Waals surface area (Å²) < 4.78 is 30.8. The Bertz CT molecular complexity index is 735. The highest BCUT2D eigenvalue weighted by molar-refractivity contribution is 7.88. The lowest BCUT2D eigenvalue weighted by Crippen LogP contribution is -2.23. The summed E-state index contributed by atoms with van der Waals surface area (Å²) in [5, 5.41) is -0.0201. The Balaban J connectivity index is 2.24. The predicted octanol–water partition coefficient (Wildman–Crippen LogP) is 2.86. The molecule has 1 aromatic heterocycles. The smallest absolute Gasteiger partial charge is 0.275 e. The minimum Gasteiger partial charge on any atom is -0.446 e. The van der Waals surface area contributed by atoms with Crippen LogP contribution in [-0.4, -0.2) is 33.4 Å². The molecule has 1 aromatic carbocycles. The first-order valence-electron chi connectivity index (χ1n) is 7.18. The van der Waals surface area contributed by atoms with Crippen molar-refractivity contribution in [3.8, 4) is 0 Å². The molecule has 0 aliphatic carbocycles. The highest BCUT2D eigenvalue weighted by atomic mass is 32.2. The Morgan fingerprint density at radius 1 is 1.09 bits per heavy atom. The molecule has 5 nitrogen and oxygen atoms in total. The lowest BCUT2D eigenvalue weighted by molar-refractivity contribution is 0.397. The molecule has 0 saturated heterocycles. The normalized spacial score (nSPS) is 11.9. The Kier molecular flexibility index (Phi) is 4.93. The summed E-state index contributed by atoms with van der Waals surface area (Å²) in [6.07, 6.45) is 0. The van der Waals surface area contributed by atoms with Gasteiger partial charge in [0.2, 0.25) is 5.09 Å². The number of para-hydroxylation sites is 1. The first-order valence-corrected chi connectivity index (χ1v) is 8.62. The Labute approximate surface area is 132 Å². The van der Waals surface area contributed by atoms with E-state index in [9.17, 15) is 8.42 Å². The fraction of sp³-hybridized carbons (Fsp3) is 0.375. The number of hydrogen-bond donors (Lipinski definition) is 0. The molecule has 0 aliphatic rings. The zero-order chi connectivity index (χ0) is 16.3. The lowest BCUT2D eigenvalue weighted by Gasteiger charge is -2.23. The van der Waals surface area contributed by atoms with Crippen LogP contribution in [-0.2, 0) is 16.6 Å². The van der Waals surface area contributed by atoms with Crippen molar-refractivity contribution >= 4 is 15.7 Å². The van der Waals surface area contributed by atoms with E-state index >= 15 is 0 Å². The van der Waals surface area contributed by atoms with Crippen molar-refractivity contribution in [3.63, 3.8) is 0 Å². The number of aryl methyl sites for hydroxylation is 1. The first kappa shape index (κ1) is 16.6. The third-order valence-corrected chi connectivity index (χ3v) is 5.25. The van der Waals surface area contributed by atoms with Gasteiger partial charge >= 0.3 is 0 Å². The molecular weight excluding hydrogens is 300 g/mol. The zero-order valence-electron chi connectivity index (χ0n) is 13.4. The van der Waals surface area contributed by atoms with Crippen molar-refractivity contribution in [2.75, 3.05) is 25.5 Å². The van der Waals surface area contributed by atoms with E-state index in [4.69, 9.17) is 4.42 Å². The van der Waals surface area contributed by atoms with Crippen LogP contribution in [0.2, 0.25) is 0 Å². The van der Waals surface area contributed by atoms with Crippen molar-refractivity contribution in [3.05, 3.63) is 47.7 Å². The molecule has 0 amide bonds. The monoisotopic (exact) mass is 322 g/mol. The molecule has 1 heterocycles. The summed E-state index contributed by atoms with van der Waals surface area (Å²) in [5.74, 6) is 0.630. The Hall–Kier alpha value is -1.79. The zero-order valence-corrected chi connectivity index (χ0v) is 14.2. The molecule has 0 atom stereocenters. The van der Waals surface area contributed by atoms with Crippen LogP contribution in [0.15, 0.2) is 45.9 Å². The summed E-state index contributed by atoms with van der Waals surface area (Å²) in [4.78, 5) is 2.15. The van der Waals surface area contributed by atoms with Crippen LogP contribution >= 0.6 is 0 Å². The predicted molar refractivity (Wildman–Crippen MR) is 87.5 cm³/mol. The first-order chi connectivity index (χ1) is 10.4. The van der Waals surface area contributed by atoms with Gasteiger partial charge in [-0.15, -0.1) is 0 Å². The maximum Gasteiger partial charge on any atom is 0.275 e. The van der Waals surface area contributed by atoms with Gasteiger partial charge in [0, 0.05) is 26.3 Å². The van der Waals surface area contributed by atoms with Crippen molar-refractivity contribution in [2.45, 2.75) is 25.5 Å². The molecule has 0 N–H and O–H groups in total. The van der Waals surface area contributed by atoms with Gasteiger partial charge in [-0.1, -0.05) is 18.2 Å². The minimum atomic E-state index is -3.52. The maximum absolute atomic E-state index is 12.0. The Morgan fingerprint density at radius 2 is 1.77 bits per heavy atom. The largest absolute Gasteiger partial charge is 0.446 e. The molecule has 0 fully saturated rings. The minimum absolute atomic E-state index is 0.0201. The number of rotatable bonds is 6. The molecule has 0 radical (unpaired) electrons.